The van der Waals surface area contributed by atoms with Gasteiger partial charge >= 0.3 is 0 Å². The number of halogens is 1. The number of aliphatic imine (C=N–C) groups is 1. The average molecular weight is 358 g/mol. The van der Waals surface area contributed by atoms with E-state index in [1.165, 1.54) is 12.8 Å². The first-order valence-corrected chi connectivity index (χ1v) is 8.97. The topological polar surface area (TPSA) is 77.4 Å². The van der Waals surface area contributed by atoms with Crippen LogP contribution >= 0.6 is 11.6 Å². The van der Waals surface area contributed by atoms with Gasteiger partial charge in [0.15, 0.2) is 5.82 Å². The summed E-state index contributed by atoms with van der Waals surface area (Å²) in [5.41, 5.74) is 2.27. The van der Waals surface area contributed by atoms with Crippen LogP contribution < -0.4 is 4.90 Å². The highest BCUT2D eigenvalue weighted by molar-refractivity contribution is 6.31. The van der Waals surface area contributed by atoms with Gasteiger partial charge in [0.25, 0.3) is 0 Å². The fourth-order valence-electron chi connectivity index (χ4n) is 3.00. The average Bonchev–Trinajstić information content (AvgIpc) is 3.22. The first-order valence-electron chi connectivity index (χ1n) is 8.59. The molecule has 1 saturated carbocycles. The summed E-state index contributed by atoms with van der Waals surface area (Å²) in [6.45, 7) is 4.05. The van der Waals surface area contributed by atoms with Gasteiger partial charge < -0.3 is 15.0 Å². The van der Waals surface area contributed by atoms with Gasteiger partial charge in [-0.3, -0.25) is 0 Å². The molecule has 0 spiro atoms. The van der Waals surface area contributed by atoms with E-state index in [1.807, 2.05) is 12.1 Å². The number of aromatic hydroxyl groups is 1. The van der Waals surface area contributed by atoms with Crippen LogP contribution in [0.2, 0.25) is 5.02 Å². The molecule has 2 aromatic heterocycles. The Balaban J connectivity index is 1.63. The van der Waals surface area contributed by atoms with Crippen LogP contribution in [0.25, 0.3) is 11.6 Å². The lowest BCUT2D eigenvalue weighted by atomic mass is 10.1. The van der Waals surface area contributed by atoms with E-state index in [0.717, 1.165) is 42.5 Å². The molecule has 1 aliphatic carbocycles. The van der Waals surface area contributed by atoms with Gasteiger partial charge in [-0.1, -0.05) is 18.5 Å². The molecule has 1 aliphatic heterocycles. The molecule has 4 rings (SSSR count). The van der Waals surface area contributed by atoms with Gasteiger partial charge in [0, 0.05) is 36.6 Å². The maximum absolute atomic E-state index is 10.3. The van der Waals surface area contributed by atoms with Crippen molar-refractivity contribution in [2.75, 3.05) is 18.0 Å². The third-order valence-corrected chi connectivity index (χ3v) is 4.64. The van der Waals surface area contributed by atoms with Gasteiger partial charge in [0.2, 0.25) is 11.8 Å². The number of hydrogen-bond acceptors (Lipinski definition) is 5. The van der Waals surface area contributed by atoms with Crippen molar-refractivity contribution in [3.8, 4) is 5.88 Å². The number of aromatic amines is 1. The highest BCUT2D eigenvalue weighted by Gasteiger charge is 2.26. The van der Waals surface area contributed by atoms with E-state index in [9.17, 15) is 5.11 Å². The Morgan fingerprint density at radius 3 is 3.04 bits per heavy atom. The van der Waals surface area contributed by atoms with Crippen molar-refractivity contribution in [3.63, 3.8) is 0 Å². The second-order valence-corrected chi connectivity index (χ2v) is 7.01. The Morgan fingerprint density at radius 1 is 1.44 bits per heavy atom. The van der Waals surface area contributed by atoms with E-state index in [1.54, 1.807) is 12.4 Å². The lowest BCUT2D eigenvalue weighted by molar-refractivity contribution is 0.455. The number of imidazole rings is 1. The summed E-state index contributed by atoms with van der Waals surface area (Å²) in [6, 6.07) is 1.83. The number of H-pyrrole nitrogens is 1. The van der Waals surface area contributed by atoms with Crippen molar-refractivity contribution in [2.24, 2.45) is 10.9 Å². The van der Waals surface area contributed by atoms with E-state index < -0.39 is 0 Å². The molecular weight excluding hydrogens is 338 g/mol. The minimum Gasteiger partial charge on any atom is -0.492 e. The second kappa shape index (κ2) is 6.52. The van der Waals surface area contributed by atoms with Crippen LogP contribution in [0.15, 0.2) is 17.3 Å². The molecule has 0 unspecified atom stereocenters. The molecule has 2 N–H and O–H groups in total. The lowest BCUT2D eigenvalue weighted by Gasteiger charge is -2.20. The number of fused-ring (bicyclic) bond motifs is 1. The van der Waals surface area contributed by atoms with E-state index in [2.05, 4.69) is 31.8 Å². The largest absolute Gasteiger partial charge is 0.492 e. The molecule has 3 heterocycles. The normalized spacial score (nSPS) is 17.3. The van der Waals surface area contributed by atoms with Crippen LogP contribution in [0.1, 0.15) is 37.4 Å². The summed E-state index contributed by atoms with van der Waals surface area (Å²) in [4.78, 5) is 18.3. The predicted molar refractivity (Wildman–Crippen MR) is 101 cm³/mol. The molecule has 0 saturated heterocycles. The summed E-state index contributed by atoms with van der Waals surface area (Å²) < 4.78 is 0. The minimum atomic E-state index is -0.00348. The molecule has 2 aromatic rings. The molecule has 0 atom stereocenters. The first-order chi connectivity index (χ1) is 12.1. The molecule has 0 bridgehead atoms. The first kappa shape index (κ1) is 16.1. The predicted octanol–water partition coefficient (Wildman–Crippen LogP) is 4.05. The maximum atomic E-state index is 10.3. The lowest BCUT2D eigenvalue weighted by Crippen LogP contribution is -2.27. The minimum absolute atomic E-state index is 0.00348. The number of pyridine rings is 1. The number of rotatable bonds is 6. The van der Waals surface area contributed by atoms with Gasteiger partial charge in [-0.25, -0.2) is 9.98 Å². The summed E-state index contributed by atoms with van der Waals surface area (Å²) in [6.07, 6.45) is 8.74. The Kier molecular flexibility index (Phi) is 4.21. The zero-order valence-corrected chi connectivity index (χ0v) is 14.8. The molecule has 130 valence electrons. The fourth-order valence-corrected chi connectivity index (χ4v) is 3.16. The zero-order chi connectivity index (χ0) is 17.4. The summed E-state index contributed by atoms with van der Waals surface area (Å²) in [5, 5.41) is 10.8. The molecule has 0 radical (unpaired) electrons. The van der Waals surface area contributed by atoms with E-state index in [0.29, 0.717) is 16.5 Å². The molecular formula is C18H20ClN5O. The maximum Gasteiger partial charge on any atom is 0.238 e. The molecule has 1 fully saturated rings. The van der Waals surface area contributed by atoms with Crippen molar-refractivity contribution in [1.82, 2.24) is 15.0 Å². The molecule has 6 nitrogen and oxygen atoms in total. The molecule has 7 heteroatoms. The molecule has 0 aromatic carbocycles. The van der Waals surface area contributed by atoms with Gasteiger partial charge in [-0.2, -0.15) is 4.98 Å². The van der Waals surface area contributed by atoms with Gasteiger partial charge in [0.05, 0.1) is 5.02 Å². The van der Waals surface area contributed by atoms with Crippen LogP contribution in [0.3, 0.4) is 0 Å². The number of nitrogens with one attached hydrogen (secondary N) is 1. The number of hydrogen-bond donors (Lipinski definition) is 2. The number of allylic oxidation sites excluding steroid dienone is 1. The smallest absolute Gasteiger partial charge is 0.238 e. The van der Waals surface area contributed by atoms with Crippen molar-refractivity contribution >= 4 is 41.2 Å². The highest BCUT2D eigenvalue weighted by atomic mass is 35.5. The van der Waals surface area contributed by atoms with Crippen LogP contribution in [-0.2, 0) is 0 Å². The van der Waals surface area contributed by atoms with Crippen LogP contribution in [0, 0.1) is 5.92 Å². The number of aromatic nitrogens is 3. The number of anilines is 1. The van der Waals surface area contributed by atoms with Crippen molar-refractivity contribution in [1.29, 1.82) is 0 Å². The van der Waals surface area contributed by atoms with Crippen LogP contribution in [-0.4, -0.2) is 39.4 Å². The second-order valence-electron chi connectivity index (χ2n) is 6.57. The summed E-state index contributed by atoms with van der Waals surface area (Å²) in [5.74, 6) is 2.10. The third kappa shape index (κ3) is 3.39. The number of nitrogens with zero attached hydrogens (tertiary/aromatic N) is 4. The van der Waals surface area contributed by atoms with Crippen molar-refractivity contribution in [3.05, 3.63) is 28.5 Å². The Labute approximate surface area is 151 Å². The Bertz CT molecular complexity index is 853. The van der Waals surface area contributed by atoms with Crippen molar-refractivity contribution < 1.29 is 5.11 Å². The zero-order valence-electron chi connectivity index (χ0n) is 14.0. The molecule has 0 amide bonds. The van der Waals surface area contributed by atoms with Crippen molar-refractivity contribution in [2.45, 2.75) is 26.2 Å². The van der Waals surface area contributed by atoms with Crippen LogP contribution in [0.5, 0.6) is 5.88 Å². The summed E-state index contributed by atoms with van der Waals surface area (Å²) in [7, 11) is 0. The summed E-state index contributed by atoms with van der Waals surface area (Å²) >= 11 is 6.04. The molecule has 25 heavy (non-hydrogen) atoms. The van der Waals surface area contributed by atoms with Crippen LogP contribution in [0.4, 0.5) is 11.8 Å². The Hall–Kier alpha value is -2.34. The quantitative estimate of drug-likeness (QED) is 0.817. The fraction of sp³-hybridized carbons (Fsp3) is 0.389. The monoisotopic (exact) mass is 357 g/mol. The molecule has 2 aliphatic rings. The van der Waals surface area contributed by atoms with E-state index in [4.69, 9.17) is 11.6 Å². The Morgan fingerprint density at radius 2 is 2.28 bits per heavy atom. The van der Waals surface area contributed by atoms with Gasteiger partial charge in [0.1, 0.15) is 5.69 Å². The van der Waals surface area contributed by atoms with Gasteiger partial charge in [-0.05, 0) is 37.3 Å². The standard InChI is InChI=1S/C18H20ClN5O/c1-2-5-24(10-11-3-4-11)18-22-15(17(25)23-18)6-12-8-20-16-14(12)7-13(19)9-21-16/h6-9,11,25H,2-5,10H2,1H3,(H,22,23)/b12-6-. The third-order valence-electron chi connectivity index (χ3n) is 4.44. The highest BCUT2D eigenvalue weighted by Crippen LogP contribution is 2.35. The van der Waals surface area contributed by atoms with Gasteiger partial charge in [-0.15, -0.1) is 0 Å². The SMILES string of the molecule is CCCN(CC1CC1)c1nc(O)c(/C=C2/C=Nc3ncc(Cl)cc32)[nH]1. The van der Waals surface area contributed by atoms with E-state index >= 15 is 0 Å². The van der Waals surface area contributed by atoms with E-state index in [-0.39, 0.29) is 5.88 Å².